The normalized spacial score (nSPS) is 22.5. The number of pyridine rings is 1. The molecule has 6 N–H and O–H groups in total. The van der Waals surface area contributed by atoms with Crippen molar-refractivity contribution in [1.29, 1.82) is 5.41 Å². The zero-order valence-electron chi connectivity index (χ0n) is 18.3. The molecule has 0 saturated carbocycles. The number of carbonyl (C=O) groups is 1. The van der Waals surface area contributed by atoms with E-state index in [1.807, 2.05) is 29.4 Å². The van der Waals surface area contributed by atoms with Crippen molar-refractivity contribution in [1.82, 2.24) is 29.5 Å². The van der Waals surface area contributed by atoms with Gasteiger partial charge in [-0.15, -0.1) is 0 Å². The summed E-state index contributed by atoms with van der Waals surface area (Å²) in [6, 6.07) is 6.07. The maximum Gasteiger partial charge on any atom is 0.289 e. The number of nitrogens with one attached hydrogen (secondary N) is 2. The average molecular weight is 457 g/mol. The van der Waals surface area contributed by atoms with Crippen LogP contribution in [0.2, 0.25) is 0 Å². The van der Waals surface area contributed by atoms with Gasteiger partial charge < -0.3 is 21.4 Å². The predicted octanol–water partition coefficient (Wildman–Crippen LogP) is 2.06. The Balaban J connectivity index is 1.34. The summed E-state index contributed by atoms with van der Waals surface area (Å²) in [5.74, 6) is 0.270. The molecule has 2 aliphatic rings. The molecule has 0 aromatic carbocycles. The summed E-state index contributed by atoms with van der Waals surface area (Å²) in [4.78, 5) is 30.9. The van der Waals surface area contributed by atoms with E-state index < -0.39 is 0 Å². The zero-order valence-corrected chi connectivity index (χ0v) is 18.3. The number of amides is 1. The molecular weight excluding hydrogens is 432 g/mol. The van der Waals surface area contributed by atoms with E-state index in [1.54, 1.807) is 10.7 Å². The second kappa shape index (κ2) is 7.65. The molecule has 2 aliphatic heterocycles. The van der Waals surface area contributed by atoms with Crippen molar-refractivity contribution in [3.63, 3.8) is 0 Å². The summed E-state index contributed by atoms with van der Waals surface area (Å²) in [7, 11) is 0. The first-order valence-electron chi connectivity index (χ1n) is 11.3. The molecule has 2 atom stereocenters. The summed E-state index contributed by atoms with van der Waals surface area (Å²) in [6.07, 6.45) is 9.65. The van der Waals surface area contributed by atoms with Crippen LogP contribution in [0.3, 0.4) is 0 Å². The molecule has 1 amide bonds. The smallest absolute Gasteiger partial charge is 0.289 e. The number of fused-ring (bicyclic) bond motifs is 4. The lowest BCUT2D eigenvalue weighted by atomic mass is 9.87. The molecule has 2 fully saturated rings. The fourth-order valence-corrected chi connectivity index (χ4v) is 5.51. The van der Waals surface area contributed by atoms with E-state index in [9.17, 15) is 4.79 Å². The van der Waals surface area contributed by atoms with Crippen LogP contribution in [-0.4, -0.2) is 59.6 Å². The Labute approximate surface area is 194 Å². The highest BCUT2D eigenvalue weighted by Crippen LogP contribution is 2.43. The third-order valence-electron chi connectivity index (χ3n) is 7.04. The summed E-state index contributed by atoms with van der Waals surface area (Å²) >= 11 is 0. The number of carbonyl (C=O) groups excluding carboxylic acids is 1. The van der Waals surface area contributed by atoms with Gasteiger partial charge >= 0.3 is 0 Å². The second-order valence-corrected chi connectivity index (χ2v) is 8.95. The zero-order chi connectivity index (χ0) is 23.4. The van der Waals surface area contributed by atoms with Crippen LogP contribution in [0, 0.1) is 5.41 Å². The maximum absolute atomic E-state index is 12.8. The molecule has 4 aromatic rings. The molecular formula is C23H24N10O. The summed E-state index contributed by atoms with van der Waals surface area (Å²) in [5.41, 5.74) is 16.4. The van der Waals surface area contributed by atoms with Crippen LogP contribution in [0.1, 0.15) is 37.3 Å². The van der Waals surface area contributed by atoms with Crippen molar-refractivity contribution >= 4 is 40.6 Å². The van der Waals surface area contributed by atoms with Crippen molar-refractivity contribution in [2.75, 3.05) is 5.73 Å². The first-order chi connectivity index (χ1) is 16.5. The fourth-order valence-electron chi connectivity index (χ4n) is 5.51. The van der Waals surface area contributed by atoms with Gasteiger partial charge in [0.25, 0.3) is 5.91 Å². The second-order valence-electron chi connectivity index (χ2n) is 8.95. The number of H-pyrrole nitrogens is 1. The quantitative estimate of drug-likeness (QED) is 0.272. The van der Waals surface area contributed by atoms with E-state index >= 15 is 0 Å². The Morgan fingerprint density at radius 3 is 2.79 bits per heavy atom. The van der Waals surface area contributed by atoms with Gasteiger partial charge in [0.2, 0.25) is 0 Å². The van der Waals surface area contributed by atoms with Gasteiger partial charge in [0, 0.05) is 58.7 Å². The number of aromatic amines is 1. The van der Waals surface area contributed by atoms with Gasteiger partial charge in [0.1, 0.15) is 17.8 Å². The van der Waals surface area contributed by atoms with Crippen LogP contribution in [-0.2, 0) is 4.79 Å². The number of nitrogen functional groups attached to an aromatic ring is 1. The van der Waals surface area contributed by atoms with E-state index in [0.29, 0.717) is 11.5 Å². The van der Waals surface area contributed by atoms with Gasteiger partial charge in [-0.25, -0.2) is 15.0 Å². The van der Waals surface area contributed by atoms with E-state index in [0.717, 1.165) is 59.9 Å². The molecule has 6 heterocycles. The number of piperidine rings is 1. The van der Waals surface area contributed by atoms with E-state index in [2.05, 4.69) is 26.1 Å². The highest BCUT2D eigenvalue weighted by Gasteiger charge is 2.44. The van der Waals surface area contributed by atoms with Crippen molar-refractivity contribution < 1.29 is 4.79 Å². The number of rotatable bonds is 3. The molecule has 4 aromatic heterocycles. The Bertz CT molecular complexity index is 1450. The maximum atomic E-state index is 12.8. The first-order valence-corrected chi connectivity index (χ1v) is 11.3. The molecule has 6 rings (SSSR count). The molecule has 2 saturated heterocycles. The van der Waals surface area contributed by atoms with Gasteiger partial charge in [-0.05, 0) is 37.8 Å². The van der Waals surface area contributed by atoms with Crippen molar-refractivity contribution in [3.8, 4) is 11.1 Å². The van der Waals surface area contributed by atoms with Crippen LogP contribution in [0.4, 0.5) is 5.82 Å². The predicted molar refractivity (Wildman–Crippen MR) is 129 cm³/mol. The van der Waals surface area contributed by atoms with Gasteiger partial charge in [0.05, 0.1) is 6.20 Å². The average Bonchev–Trinajstić information content (AvgIpc) is 3.54. The van der Waals surface area contributed by atoms with Crippen LogP contribution in [0.15, 0.2) is 41.8 Å². The Kier molecular flexibility index (Phi) is 4.57. The van der Waals surface area contributed by atoms with Crippen molar-refractivity contribution in [2.45, 2.75) is 43.7 Å². The van der Waals surface area contributed by atoms with E-state index in [-0.39, 0.29) is 29.7 Å². The third-order valence-corrected chi connectivity index (χ3v) is 7.04. The first kappa shape index (κ1) is 20.3. The van der Waals surface area contributed by atoms with E-state index in [4.69, 9.17) is 21.9 Å². The minimum Gasteiger partial charge on any atom is -0.384 e. The van der Waals surface area contributed by atoms with Gasteiger partial charge in [-0.3, -0.25) is 10.2 Å². The lowest BCUT2D eigenvalue weighted by Gasteiger charge is -2.38. The lowest BCUT2D eigenvalue weighted by Crippen LogP contribution is -2.50. The molecule has 11 nitrogen and oxygen atoms in total. The largest absolute Gasteiger partial charge is 0.384 e. The molecule has 172 valence electrons. The summed E-state index contributed by atoms with van der Waals surface area (Å²) < 4.78 is 1.65. The summed E-state index contributed by atoms with van der Waals surface area (Å²) in [6.45, 7) is 0. The molecule has 2 bridgehead atoms. The van der Waals surface area contributed by atoms with Crippen LogP contribution in [0.5, 0.6) is 0 Å². The number of aromatic nitrogens is 5. The number of amidine groups is 1. The monoisotopic (exact) mass is 456 g/mol. The van der Waals surface area contributed by atoms with Gasteiger partial charge in [0.15, 0.2) is 11.5 Å². The number of hydrogen-bond donors (Lipinski definition) is 4. The summed E-state index contributed by atoms with van der Waals surface area (Å²) in [5, 5.41) is 12.6. The highest BCUT2D eigenvalue weighted by atomic mass is 16.2. The standard InChI is InChI=1S/C23H24N10O/c24-11-29-20(26)23(34)32-15-1-2-16(32)7-13(6-15)18-8-19(25)33-22(31-18)17(10-30-33)14-5-12-3-4-27-21(12)28-9-14/h3-5,8-11,13,15-16H,1-2,6-7,25H2,(H,27,28)(H3,24,26,29). The Morgan fingerprint density at radius 2 is 2.03 bits per heavy atom. The molecule has 0 aliphatic carbocycles. The minimum atomic E-state index is -0.289. The molecule has 34 heavy (non-hydrogen) atoms. The number of hydrogen-bond acceptors (Lipinski definition) is 6. The Hall–Kier alpha value is -4.28. The SMILES string of the molecule is N=CN=C(N)C(=O)N1C2CCC1CC(c1cc(N)n3ncc(-c4cnc5[nH]ccc5c4)c3n1)C2. The molecule has 0 spiro atoms. The molecule has 2 unspecified atom stereocenters. The van der Waals surface area contributed by atoms with Crippen molar-refractivity contribution in [2.24, 2.45) is 10.7 Å². The van der Waals surface area contributed by atoms with Crippen LogP contribution < -0.4 is 11.5 Å². The topological polar surface area (TPSA) is 167 Å². The lowest BCUT2D eigenvalue weighted by molar-refractivity contribution is -0.128. The highest BCUT2D eigenvalue weighted by molar-refractivity contribution is 6.38. The minimum absolute atomic E-state index is 0.0690. The van der Waals surface area contributed by atoms with E-state index in [1.165, 1.54) is 0 Å². The molecule has 0 radical (unpaired) electrons. The van der Waals surface area contributed by atoms with Crippen molar-refractivity contribution in [3.05, 3.63) is 42.5 Å². The van der Waals surface area contributed by atoms with Crippen LogP contribution >= 0.6 is 0 Å². The number of aliphatic imine (C=N–C) groups is 1. The fraction of sp³-hybridized carbons (Fsp3) is 0.304. The van der Waals surface area contributed by atoms with Gasteiger partial charge in [-0.1, -0.05) is 0 Å². The third kappa shape index (κ3) is 3.11. The van der Waals surface area contributed by atoms with Crippen LogP contribution in [0.25, 0.3) is 27.8 Å². The van der Waals surface area contributed by atoms with Gasteiger partial charge in [-0.2, -0.15) is 9.61 Å². The number of anilines is 1. The number of nitrogens with zero attached hydrogens (tertiary/aromatic N) is 6. The number of nitrogens with two attached hydrogens (primary N) is 2. The molecule has 11 heteroatoms. The Morgan fingerprint density at radius 1 is 1.24 bits per heavy atom.